The average Bonchev–Trinajstić information content (AvgIpc) is 2.37. The van der Waals surface area contributed by atoms with Gasteiger partial charge in [0.05, 0.1) is 20.3 Å². The van der Waals surface area contributed by atoms with E-state index in [4.69, 9.17) is 15.2 Å². The van der Waals surface area contributed by atoms with E-state index in [1.165, 1.54) is 26.4 Å². The highest BCUT2D eigenvalue weighted by atomic mass is 19.4. The van der Waals surface area contributed by atoms with Gasteiger partial charge in [-0.2, -0.15) is 13.2 Å². The summed E-state index contributed by atoms with van der Waals surface area (Å²) in [6.45, 7) is 0. The number of methoxy groups -OCH3 is 2. The normalized spacial score (nSPS) is 14.8. The summed E-state index contributed by atoms with van der Waals surface area (Å²) >= 11 is 0. The van der Waals surface area contributed by atoms with E-state index in [0.29, 0.717) is 0 Å². The maximum absolute atomic E-state index is 12.4. The van der Waals surface area contributed by atoms with Crippen molar-refractivity contribution in [1.82, 2.24) is 0 Å². The molecule has 2 atom stereocenters. The fourth-order valence-electron chi connectivity index (χ4n) is 1.62. The van der Waals surface area contributed by atoms with Crippen molar-refractivity contribution in [1.29, 1.82) is 0 Å². The Morgan fingerprint density at radius 1 is 1.20 bits per heavy atom. The minimum atomic E-state index is -4.59. The van der Waals surface area contributed by atoms with Crippen molar-refractivity contribution in [3.8, 4) is 17.2 Å². The number of aliphatic hydroxyl groups excluding tert-OH is 1. The van der Waals surface area contributed by atoms with Crippen LogP contribution in [0.2, 0.25) is 0 Å². The number of phenols is 1. The molecule has 1 aromatic carbocycles. The average molecular weight is 295 g/mol. The summed E-state index contributed by atoms with van der Waals surface area (Å²) in [5.41, 5.74) is 5.07. The van der Waals surface area contributed by atoms with Crippen LogP contribution in [0.25, 0.3) is 0 Å². The standard InChI is InChI=1S/C12H16F3NO4/c1-19-8-3-6(4-9(20-2)11(8)18)7(17)5-10(16)12(13,14)15/h3-4,7,10,17-18H,5,16H2,1-2H3/t7-,10+/m1/s1. The highest BCUT2D eigenvalue weighted by Gasteiger charge is 2.38. The minimum Gasteiger partial charge on any atom is -0.502 e. The lowest BCUT2D eigenvalue weighted by Crippen LogP contribution is -2.38. The summed E-state index contributed by atoms with van der Waals surface area (Å²) < 4.78 is 46.8. The molecule has 0 unspecified atom stereocenters. The van der Waals surface area contributed by atoms with Crippen LogP contribution in [0, 0.1) is 0 Å². The first-order chi connectivity index (χ1) is 9.20. The monoisotopic (exact) mass is 295 g/mol. The largest absolute Gasteiger partial charge is 0.502 e. The molecule has 0 aliphatic heterocycles. The van der Waals surface area contributed by atoms with Gasteiger partial charge in [0, 0.05) is 6.42 Å². The van der Waals surface area contributed by atoms with Gasteiger partial charge in [0.25, 0.3) is 0 Å². The number of halogens is 3. The smallest absolute Gasteiger partial charge is 0.403 e. The van der Waals surface area contributed by atoms with Crippen LogP contribution in [0.4, 0.5) is 13.2 Å². The van der Waals surface area contributed by atoms with Gasteiger partial charge in [-0.3, -0.25) is 0 Å². The SMILES string of the molecule is COc1cc([C@H](O)C[C@H](N)C(F)(F)F)cc(OC)c1O. The first-order valence-corrected chi connectivity index (χ1v) is 5.66. The molecule has 0 heterocycles. The number of phenolic OH excluding ortho intramolecular Hbond substituents is 1. The highest BCUT2D eigenvalue weighted by molar-refractivity contribution is 5.53. The van der Waals surface area contributed by atoms with Crippen LogP contribution in [-0.2, 0) is 0 Å². The van der Waals surface area contributed by atoms with Crippen molar-refractivity contribution in [2.45, 2.75) is 24.7 Å². The molecule has 0 aliphatic rings. The lowest BCUT2D eigenvalue weighted by Gasteiger charge is -2.20. The zero-order valence-corrected chi connectivity index (χ0v) is 10.9. The molecular weight excluding hydrogens is 279 g/mol. The maximum Gasteiger partial charge on any atom is 0.403 e. The third kappa shape index (κ3) is 3.67. The molecule has 0 radical (unpaired) electrons. The molecule has 114 valence electrons. The Labute approximate surface area is 113 Å². The number of aliphatic hydroxyl groups is 1. The van der Waals surface area contributed by atoms with E-state index in [2.05, 4.69) is 0 Å². The van der Waals surface area contributed by atoms with Crippen LogP contribution in [-0.4, -0.2) is 36.7 Å². The number of benzene rings is 1. The lowest BCUT2D eigenvalue weighted by atomic mass is 10.0. The third-order valence-electron chi connectivity index (χ3n) is 2.78. The number of hydrogen-bond donors (Lipinski definition) is 3. The molecule has 4 N–H and O–H groups in total. The summed E-state index contributed by atoms with van der Waals surface area (Å²) in [5.74, 6) is -0.330. The first kappa shape index (κ1) is 16.4. The van der Waals surface area contributed by atoms with E-state index in [-0.39, 0.29) is 22.8 Å². The van der Waals surface area contributed by atoms with Gasteiger partial charge < -0.3 is 25.4 Å². The van der Waals surface area contributed by atoms with Crippen LogP contribution < -0.4 is 15.2 Å². The first-order valence-electron chi connectivity index (χ1n) is 5.66. The third-order valence-corrected chi connectivity index (χ3v) is 2.78. The molecule has 0 spiro atoms. The molecular formula is C12H16F3NO4. The Bertz CT molecular complexity index is 440. The van der Waals surface area contributed by atoms with Gasteiger partial charge in [0.2, 0.25) is 5.75 Å². The molecule has 1 aromatic rings. The number of ether oxygens (including phenoxy) is 2. The topological polar surface area (TPSA) is 84.9 Å². The van der Waals surface area contributed by atoms with Gasteiger partial charge in [-0.1, -0.05) is 0 Å². The van der Waals surface area contributed by atoms with Crippen LogP contribution >= 0.6 is 0 Å². The fourth-order valence-corrected chi connectivity index (χ4v) is 1.62. The van der Waals surface area contributed by atoms with Crippen molar-refractivity contribution in [3.63, 3.8) is 0 Å². The van der Waals surface area contributed by atoms with Crippen LogP contribution in [0.1, 0.15) is 18.1 Å². The van der Waals surface area contributed by atoms with Gasteiger partial charge in [-0.25, -0.2) is 0 Å². The predicted octanol–water partition coefficient (Wildman–Crippen LogP) is 1.72. The highest BCUT2D eigenvalue weighted by Crippen LogP contribution is 2.39. The quantitative estimate of drug-likeness (QED) is 0.770. The molecule has 0 amide bonds. The van der Waals surface area contributed by atoms with Gasteiger partial charge in [0.1, 0.15) is 6.04 Å². The summed E-state index contributed by atoms with van der Waals surface area (Å²) in [6, 6.07) is 0.306. The molecule has 0 aromatic heterocycles. The number of aromatic hydroxyl groups is 1. The molecule has 0 bridgehead atoms. The zero-order valence-electron chi connectivity index (χ0n) is 10.9. The van der Waals surface area contributed by atoms with Crippen molar-refractivity contribution in [2.24, 2.45) is 5.73 Å². The van der Waals surface area contributed by atoms with Crippen molar-refractivity contribution < 1.29 is 32.9 Å². The second-order valence-electron chi connectivity index (χ2n) is 4.17. The summed E-state index contributed by atoms with van der Waals surface area (Å²) in [5, 5.41) is 19.5. The van der Waals surface area contributed by atoms with Crippen LogP contribution in [0.15, 0.2) is 12.1 Å². The summed E-state index contributed by atoms with van der Waals surface area (Å²) in [4.78, 5) is 0. The number of alkyl halides is 3. The second kappa shape index (κ2) is 6.19. The van der Waals surface area contributed by atoms with Crippen LogP contribution in [0.5, 0.6) is 17.2 Å². The fraction of sp³-hybridized carbons (Fsp3) is 0.500. The maximum atomic E-state index is 12.4. The zero-order chi connectivity index (χ0) is 15.5. The Morgan fingerprint density at radius 2 is 1.65 bits per heavy atom. The molecule has 8 heteroatoms. The van der Waals surface area contributed by atoms with Gasteiger partial charge in [-0.05, 0) is 17.7 Å². The van der Waals surface area contributed by atoms with Crippen molar-refractivity contribution in [3.05, 3.63) is 17.7 Å². The van der Waals surface area contributed by atoms with Crippen molar-refractivity contribution in [2.75, 3.05) is 14.2 Å². The van der Waals surface area contributed by atoms with E-state index in [9.17, 15) is 23.4 Å². The van der Waals surface area contributed by atoms with Crippen molar-refractivity contribution >= 4 is 0 Å². The molecule has 0 fully saturated rings. The van der Waals surface area contributed by atoms with E-state index < -0.39 is 24.7 Å². The Balaban J connectivity index is 3.01. The predicted molar refractivity (Wildman–Crippen MR) is 64.8 cm³/mol. The Hall–Kier alpha value is -1.67. The molecule has 20 heavy (non-hydrogen) atoms. The van der Waals surface area contributed by atoms with E-state index in [1.54, 1.807) is 0 Å². The van der Waals surface area contributed by atoms with Gasteiger partial charge in [0.15, 0.2) is 11.5 Å². The van der Waals surface area contributed by atoms with E-state index >= 15 is 0 Å². The van der Waals surface area contributed by atoms with E-state index in [0.717, 1.165) is 0 Å². The van der Waals surface area contributed by atoms with Gasteiger partial charge >= 0.3 is 6.18 Å². The second-order valence-corrected chi connectivity index (χ2v) is 4.17. The summed E-state index contributed by atoms with van der Waals surface area (Å²) in [6.07, 6.45) is -6.76. The number of nitrogens with two attached hydrogens (primary N) is 1. The molecule has 5 nitrogen and oxygen atoms in total. The Morgan fingerprint density at radius 3 is 2.00 bits per heavy atom. The molecule has 0 saturated carbocycles. The summed E-state index contributed by atoms with van der Waals surface area (Å²) in [7, 11) is 2.54. The lowest BCUT2D eigenvalue weighted by molar-refractivity contribution is -0.153. The van der Waals surface area contributed by atoms with Crippen LogP contribution in [0.3, 0.4) is 0 Å². The number of hydrogen-bond acceptors (Lipinski definition) is 5. The number of rotatable bonds is 5. The Kier molecular flexibility index (Phi) is 5.07. The minimum absolute atomic E-state index is 0.0148. The molecule has 1 rings (SSSR count). The molecule has 0 saturated heterocycles. The van der Waals surface area contributed by atoms with E-state index in [1.807, 2.05) is 0 Å². The van der Waals surface area contributed by atoms with Gasteiger partial charge in [-0.15, -0.1) is 0 Å². The molecule has 0 aliphatic carbocycles.